The first-order valence-electron chi connectivity index (χ1n) is 13.1. The summed E-state index contributed by atoms with van der Waals surface area (Å²) in [6.45, 7) is 3.46. The summed E-state index contributed by atoms with van der Waals surface area (Å²) in [5, 5.41) is 8.42. The van der Waals surface area contributed by atoms with Gasteiger partial charge in [-0.3, -0.25) is 19.2 Å². The molecule has 0 aliphatic carbocycles. The number of hydrogen-bond acceptors (Lipinski definition) is 8. The lowest BCUT2D eigenvalue weighted by Crippen LogP contribution is -2.35. The van der Waals surface area contributed by atoms with E-state index in [1.807, 2.05) is 30.3 Å². The van der Waals surface area contributed by atoms with Crippen molar-refractivity contribution in [3.05, 3.63) is 112 Å². The van der Waals surface area contributed by atoms with E-state index in [4.69, 9.17) is 16.3 Å². The molecule has 1 aliphatic rings. The Bertz CT molecular complexity index is 1810. The van der Waals surface area contributed by atoms with E-state index in [2.05, 4.69) is 16.0 Å². The molecule has 3 aromatic carbocycles. The monoisotopic (exact) mass is 613 g/mol. The van der Waals surface area contributed by atoms with Gasteiger partial charge in [0, 0.05) is 15.5 Å². The predicted octanol–water partition coefficient (Wildman–Crippen LogP) is 6.26. The third-order valence-electron chi connectivity index (χ3n) is 6.57. The number of halogens is 1. The minimum absolute atomic E-state index is 0.0343. The summed E-state index contributed by atoms with van der Waals surface area (Å²) in [4.78, 5) is 67.9. The van der Waals surface area contributed by atoms with Crippen LogP contribution in [0.25, 0.3) is 10.4 Å². The Labute approximate surface area is 255 Å². The van der Waals surface area contributed by atoms with Crippen molar-refractivity contribution < 1.29 is 28.7 Å². The molecule has 9 nitrogen and oxygen atoms in total. The number of ether oxygens (including phenoxy) is 1. The fourth-order valence-electron chi connectivity index (χ4n) is 4.52. The lowest BCUT2D eigenvalue weighted by atomic mass is 9.96. The van der Waals surface area contributed by atoms with Crippen LogP contribution in [-0.2, 0) is 19.1 Å². The fourth-order valence-corrected chi connectivity index (χ4v) is 5.84. The van der Waals surface area contributed by atoms with Gasteiger partial charge in [0.05, 0.1) is 23.5 Å². The number of Topliss-reactive ketones (excluding diaryl/α,β-unsaturated/α-hetero) is 2. The van der Waals surface area contributed by atoms with E-state index in [-0.39, 0.29) is 22.7 Å². The Morgan fingerprint density at radius 3 is 2.16 bits per heavy atom. The fraction of sp³-hybridized carbons (Fsp3) is 0.0938. The number of thiophene rings is 1. The molecule has 0 fully saturated rings. The highest BCUT2D eigenvalue weighted by atomic mass is 35.5. The number of hydrogen-bond donors (Lipinski definition) is 3. The number of amides is 2. The van der Waals surface area contributed by atoms with Crippen molar-refractivity contribution in [3.8, 4) is 10.4 Å². The normalized spacial score (nSPS) is 13.2. The summed E-state index contributed by atoms with van der Waals surface area (Å²) in [5.74, 6) is -4.82. The van der Waals surface area contributed by atoms with E-state index in [0.29, 0.717) is 26.8 Å². The summed E-state index contributed by atoms with van der Waals surface area (Å²) in [7, 11) is 0. The summed E-state index contributed by atoms with van der Waals surface area (Å²) in [6, 6.07) is 21.6. The molecule has 0 saturated carbocycles. The molecule has 0 saturated heterocycles. The second-order valence-electron chi connectivity index (χ2n) is 9.34. The van der Waals surface area contributed by atoms with Crippen molar-refractivity contribution >= 4 is 68.7 Å². The molecule has 1 aromatic heterocycles. The highest BCUT2D eigenvalue weighted by molar-refractivity contribution is 7.20. The second kappa shape index (κ2) is 12.4. The Hall–Kier alpha value is -5.06. The largest absolute Gasteiger partial charge is 0.462 e. The standard InChI is InChI=1S/C32H24ClN3O6S/c1-3-42-32(41)23-17(2)28(19-9-5-4-6-10-19)43-31(23)36-30(40)27(38)24(26(37)18-13-15-20(33)16-14-18)25-29(39)35-22-12-8-7-11-21(22)34-25/h4-16,34H,3H2,1-2H3,(H,35,39)(H,36,40)/b25-24-. The topological polar surface area (TPSA) is 131 Å². The maximum absolute atomic E-state index is 13.8. The first-order valence-corrected chi connectivity index (χ1v) is 14.3. The maximum Gasteiger partial charge on any atom is 0.341 e. The Morgan fingerprint density at radius 1 is 0.884 bits per heavy atom. The Balaban J connectivity index is 1.58. The molecule has 2 heterocycles. The number of para-hydroxylation sites is 2. The van der Waals surface area contributed by atoms with Crippen LogP contribution in [-0.4, -0.2) is 36.0 Å². The first-order chi connectivity index (χ1) is 20.7. The third-order valence-corrected chi connectivity index (χ3v) is 8.08. The molecule has 5 rings (SSSR count). The molecule has 0 spiro atoms. The number of rotatable bonds is 8. The van der Waals surface area contributed by atoms with Crippen molar-refractivity contribution in [3.63, 3.8) is 0 Å². The Morgan fingerprint density at radius 2 is 1.51 bits per heavy atom. The minimum Gasteiger partial charge on any atom is -0.462 e. The number of benzene rings is 3. The van der Waals surface area contributed by atoms with E-state index in [9.17, 15) is 24.0 Å². The van der Waals surface area contributed by atoms with E-state index in [1.165, 1.54) is 24.3 Å². The van der Waals surface area contributed by atoms with Gasteiger partial charge in [0.2, 0.25) is 0 Å². The van der Waals surface area contributed by atoms with Crippen LogP contribution in [0.2, 0.25) is 5.02 Å². The van der Waals surface area contributed by atoms with Crippen molar-refractivity contribution in [2.45, 2.75) is 13.8 Å². The van der Waals surface area contributed by atoms with Gasteiger partial charge < -0.3 is 20.7 Å². The van der Waals surface area contributed by atoms with Gasteiger partial charge in [0.15, 0.2) is 5.78 Å². The molecule has 0 atom stereocenters. The number of esters is 1. The zero-order chi connectivity index (χ0) is 30.7. The van der Waals surface area contributed by atoms with Crippen LogP contribution in [0.5, 0.6) is 0 Å². The molecule has 0 unspecified atom stereocenters. The van der Waals surface area contributed by atoms with Crippen LogP contribution >= 0.6 is 22.9 Å². The first kappa shape index (κ1) is 29.4. The summed E-state index contributed by atoms with van der Waals surface area (Å²) < 4.78 is 5.23. The SMILES string of the molecule is CCOC(=O)c1c(NC(=O)C(=O)/C(C(=O)c2ccc(Cl)cc2)=C2\Nc3ccccc3NC2=O)sc(-c2ccccc2)c1C. The molecular formula is C32H24ClN3O6S. The molecule has 11 heteroatoms. The lowest BCUT2D eigenvalue weighted by molar-refractivity contribution is -0.132. The van der Waals surface area contributed by atoms with Crippen LogP contribution in [0.15, 0.2) is 90.1 Å². The molecule has 0 radical (unpaired) electrons. The maximum atomic E-state index is 13.8. The summed E-state index contributed by atoms with van der Waals surface area (Å²) in [6.07, 6.45) is 0. The van der Waals surface area contributed by atoms with Gasteiger partial charge in [-0.1, -0.05) is 54.1 Å². The van der Waals surface area contributed by atoms with Crippen LogP contribution < -0.4 is 16.0 Å². The lowest BCUT2D eigenvalue weighted by Gasteiger charge is -2.23. The molecular weight excluding hydrogens is 590 g/mol. The van der Waals surface area contributed by atoms with Crippen molar-refractivity contribution in [2.75, 3.05) is 22.6 Å². The smallest absolute Gasteiger partial charge is 0.341 e. The third kappa shape index (κ3) is 5.97. The van der Waals surface area contributed by atoms with Gasteiger partial charge in [-0.2, -0.15) is 0 Å². The molecule has 0 bridgehead atoms. The summed E-state index contributed by atoms with van der Waals surface area (Å²) in [5.41, 5.74) is 1.27. The number of carbonyl (C=O) groups excluding carboxylic acids is 5. The number of ketones is 2. The number of fused-ring (bicyclic) bond motifs is 1. The van der Waals surface area contributed by atoms with Gasteiger partial charge >= 0.3 is 5.97 Å². The molecule has 43 heavy (non-hydrogen) atoms. The van der Waals surface area contributed by atoms with Gasteiger partial charge in [-0.25, -0.2) is 4.79 Å². The zero-order valence-electron chi connectivity index (χ0n) is 22.9. The molecule has 1 aliphatic heterocycles. The quantitative estimate of drug-likeness (QED) is 0.0534. The Kier molecular flexibility index (Phi) is 8.51. The zero-order valence-corrected chi connectivity index (χ0v) is 24.5. The highest BCUT2D eigenvalue weighted by Crippen LogP contribution is 2.40. The van der Waals surface area contributed by atoms with E-state index in [0.717, 1.165) is 16.9 Å². The molecule has 2 amide bonds. The van der Waals surface area contributed by atoms with Crippen LogP contribution in [0.4, 0.5) is 16.4 Å². The van der Waals surface area contributed by atoms with Crippen molar-refractivity contribution in [2.24, 2.45) is 0 Å². The number of nitrogens with one attached hydrogen (secondary N) is 3. The van der Waals surface area contributed by atoms with E-state index < -0.39 is 40.6 Å². The van der Waals surface area contributed by atoms with Gasteiger partial charge in [-0.15, -0.1) is 11.3 Å². The van der Waals surface area contributed by atoms with E-state index >= 15 is 0 Å². The second-order valence-corrected chi connectivity index (χ2v) is 10.8. The van der Waals surface area contributed by atoms with Crippen LogP contribution in [0.1, 0.15) is 33.2 Å². The van der Waals surface area contributed by atoms with Crippen molar-refractivity contribution in [1.82, 2.24) is 0 Å². The van der Waals surface area contributed by atoms with Crippen LogP contribution in [0, 0.1) is 6.92 Å². The van der Waals surface area contributed by atoms with Gasteiger partial charge in [-0.05, 0) is 61.4 Å². The summed E-state index contributed by atoms with van der Waals surface area (Å²) >= 11 is 7.07. The highest BCUT2D eigenvalue weighted by Gasteiger charge is 2.35. The van der Waals surface area contributed by atoms with E-state index in [1.54, 1.807) is 38.1 Å². The molecule has 3 N–H and O–H groups in total. The minimum atomic E-state index is -1.28. The number of carbonyl (C=O) groups is 5. The van der Waals surface area contributed by atoms with Crippen molar-refractivity contribution in [1.29, 1.82) is 0 Å². The molecule has 4 aromatic rings. The predicted molar refractivity (Wildman–Crippen MR) is 166 cm³/mol. The molecule has 216 valence electrons. The van der Waals surface area contributed by atoms with Gasteiger partial charge in [0.1, 0.15) is 16.3 Å². The number of anilines is 3. The average molecular weight is 614 g/mol. The average Bonchev–Trinajstić information content (AvgIpc) is 3.33. The van der Waals surface area contributed by atoms with Gasteiger partial charge in [0.25, 0.3) is 17.6 Å². The van der Waals surface area contributed by atoms with Crippen LogP contribution in [0.3, 0.4) is 0 Å².